The number of hydrogen-bond donors (Lipinski definition) is 1. The van der Waals surface area contributed by atoms with Crippen molar-refractivity contribution < 1.29 is 13.2 Å². The average Bonchev–Trinajstić information content (AvgIpc) is 2.56. The van der Waals surface area contributed by atoms with Crippen LogP contribution >= 0.6 is 0 Å². The number of rotatable bonds is 1. The van der Waals surface area contributed by atoms with Crippen molar-refractivity contribution in [3.05, 3.63) is 18.0 Å². The molecule has 7 heteroatoms. The molecule has 0 amide bonds. The van der Waals surface area contributed by atoms with E-state index in [1.807, 2.05) is 4.90 Å². The summed E-state index contributed by atoms with van der Waals surface area (Å²) in [4.78, 5) is 9.45. The van der Waals surface area contributed by atoms with E-state index in [1.54, 1.807) is 0 Å². The van der Waals surface area contributed by atoms with Crippen LogP contribution < -0.4 is 10.6 Å². The molecule has 1 aliphatic heterocycles. The second-order valence-corrected chi connectivity index (χ2v) is 6.22. The van der Waals surface area contributed by atoms with Gasteiger partial charge in [-0.15, -0.1) is 0 Å². The summed E-state index contributed by atoms with van der Waals surface area (Å²) < 4.78 is 36.8. The van der Waals surface area contributed by atoms with Crippen LogP contribution in [0, 0.1) is 0 Å². The van der Waals surface area contributed by atoms with E-state index in [-0.39, 0.29) is 0 Å². The van der Waals surface area contributed by atoms with Gasteiger partial charge in [-0.1, -0.05) is 19.3 Å². The molecule has 2 heterocycles. The number of hydrogen-bond acceptors (Lipinski definition) is 4. The fraction of sp³-hybridized carbons (Fsp3) is 0.750. The summed E-state index contributed by atoms with van der Waals surface area (Å²) in [5.41, 5.74) is 4.84. The van der Waals surface area contributed by atoms with Crippen molar-refractivity contribution in [3.8, 4) is 0 Å². The van der Waals surface area contributed by atoms with E-state index in [4.69, 9.17) is 5.73 Å². The third-order valence-electron chi connectivity index (χ3n) is 4.25. The number of halogens is 3. The van der Waals surface area contributed by atoms with E-state index in [2.05, 4.69) is 9.97 Å². The second-order valence-electron chi connectivity index (χ2n) is 6.22. The van der Waals surface area contributed by atoms with Gasteiger partial charge in [0, 0.05) is 31.5 Å². The van der Waals surface area contributed by atoms with Crippen molar-refractivity contribution in [2.24, 2.45) is 5.73 Å². The Labute approximate surface area is 135 Å². The van der Waals surface area contributed by atoms with Crippen LogP contribution in [0.2, 0.25) is 0 Å². The molecule has 0 aromatic carbocycles. The topological polar surface area (TPSA) is 55.0 Å². The number of alkyl halides is 3. The first-order valence-electron chi connectivity index (χ1n) is 8.36. The number of anilines is 1. The maximum Gasteiger partial charge on any atom is 0.419 e. The molecule has 3 rings (SSSR count). The minimum absolute atomic E-state index is 0.396. The Bertz CT molecular complexity index is 449. The molecule has 2 aliphatic rings. The van der Waals surface area contributed by atoms with Gasteiger partial charge in [0.15, 0.2) is 0 Å². The van der Waals surface area contributed by atoms with Gasteiger partial charge in [-0.2, -0.15) is 13.2 Å². The van der Waals surface area contributed by atoms with Crippen molar-refractivity contribution in [3.63, 3.8) is 0 Å². The van der Waals surface area contributed by atoms with Crippen LogP contribution in [0.1, 0.15) is 56.9 Å². The lowest BCUT2D eigenvalue weighted by molar-refractivity contribution is -0.138. The first kappa shape index (κ1) is 18.0. The number of nitrogens with two attached hydrogens (primary N) is 1. The second kappa shape index (κ2) is 8.47. The highest BCUT2D eigenvalue weighted by atomic mass is 19.4. The molecule has 0 atom stereocenters. The van der Waals surface area contributed by atoms with E-state index < -0.39 is 11.7 Å². The van der Waals surface area contributed by atoms with E-state index in [0.717, 1.165) is 44.7 Å². The molecule has 2 N–H and O–H groups in total. The zero-order chi connectivity index (χ0) is 16.7. The maximum absolute atomic E-state index is 12.3. The van der Waals surface area contributed by atoms with Gasteiger partial charge in [0.1, 0.15) is 0 Å². The summed E-state index contributed by atoms with van der Waals surface area (Å²) in [6.45, 7) is 1.65. The van der Waals surface area contributed by atoms with E-state index in [1.165, 1.54) is 32.1 Å². The predicted molar refractivity (Wildman–Crippen MR) is 84.2 cm³/mol. The number of nitrogens with zero attached hydrogens (tertiary/aromatic N) is 3. The van der Waals surface area contributed by atoms with Crippen LogP contribution in [0.25, 0.3) is 0 Å². The molecular weight excluding hydrogens is 305 g/mol. The van der Waals surface area contributed by atoms with Gasteiger partial charge in [-0.25, -0.2) is 9.97 Å². The third-order valence-corrected chi connectivity index (χ3v) is 4.25. The normalized spacial score (nSPS) is 19.9. The highest BCUT2D eigenvalue weighted by molar-refractivity contribution is 5.30. The lowest BCUT2D eigenvalue weighted by atomic mass is 9.97. The van der Waals surface area contributed by atoms with Crippen LogP contribution in [0.5, 0.6) is 0 Å². The van der Waals surface area contributed by atoms with Crippen LogP contribution in [0.15, 0.2) is 12.4 Å². The predicted octanol–water partition coefficient (Wildman–Crippen LogP) is 3.76. The summed E-state index contributed by atoms with van der Waals surface area (Å²) in [5.74, 6) is 0.396. The molecule has 1 aliphatic carbocycles. The highest BCUT2D eigenvalue weighted by Gasteiger charge is 2.31. The SMILES string of the molecule is FC(F)(F)c1cnc(N2CCCCC2)nc1.NC1CCCCC1. The summed E-state index contributed by atoms with van der Waals surface area (Å²) in [6, 6.07) is 0.536. The van der Waals surface area contributed by atoms with E-state index >= 15 is 0 Å². The van der Waals surface area contributed by atoms with Crippen LogP contribution in [-0.4, -0.2) is 29.1 Å². The Kier molecular flexibility index (Phi) is 6.62. The third kappa shape index (κ3) is 5.97. The van der Waals surface area contributed by atoms with Gasteiger partial charge in [0.05, 0.1) is 5.56 Å². The van der Waals surface area contributed by atoms with Crippen molar-refractivity contribution in [1.82, 2.24) is 9.97 Å². The van der Waals surface area contributed by atoms with Crippen LogP contribution in [-0.2, 0) is 6.18 Å². The lowest BCUT2D eigenvalue weighted by Crippen LogP contribution is -2.31. The molecule has 1 aromatic rings. The fourth-order valence-corrected chi connectivity index (χ4v) is 2.86. The highest BCUT2D eigenvalue weighted by Crippen LogP contribution is 2.28. The molecule has 2 fully saturated rings. The Balaban J connectivity index is 0.000000229. The Morgan fingerprint density at radius 2 is 1.43 bits per heavy atom. The summed E-state index contributed by atoms with van der Waals surface area (Å²) in [6.07, 6.45) is 7.25. The van der Waals surface area contributed by atoms with Gasteiger partial charge in [0.25, 0.3) is 0 Å². The molecule has 130 valence electrons. The number of piperidine rings is 1. The van der Waals surface area contributed by atoms with Gasteiger partial charge in [-0.05, 0) is 32.1 Å². The Morgan fingerprint density at radius 1 is 0.913 bits per heavy atom. The molecule has 23 heavy (non-hydrogen) atoms. The maximum atomic E-state index is 12.3. The lowest BCUT2D eigenvalue weighted by Gasteiger charge is -2.26. The van der Waals surface area contributed by atoms with Gasteiger partial charge in [-0.3, -0.25) is 0 Å². The smallest absolute Gasteiger partial charge is 0.341 e. The van der Waals surface area contributed by atoms with Crippen LogP contribution in [0.3, 0.4) is 0 Å². The Morgan fingerprint density at radius 3 is 1.87 bits per heavy atom. The summed E-state index contributed by atoms with van der Waals surface area (Å²) in [5, 5.41) is 0. The molecule has 1 saturated carbocycles. The zero-order valence-electron chi connectivity index (χ0n) is 13.4. The Hall–Kier alpha value is -1.37. The molecule has 0 spiro atoms. The largest absolute Gasteiger partial charge is 0.419 e. The molecule has 0 unspecified atom stereocenters. The van der Waals surface area contributed by atoms with Gasteiger partial charge in [0.2, 0.25) is 5.95 Å². The monoisotopic (exact) mass is 330 g/mol. The first-order valence-corrected chi connectivity index (χ1v) is 8.36. The van der Waals surface area contributed by atoms with Crippen molar-refractivity contribution >= 4 is 5.95 Å². The molecule has 1 saturated heterocycles. The minimum atomic E-state index is -4.36. The van der Waals surface area contributed by atoms with Crippen LogP contribution in [0.4, 0.5) is 19.1 Å². The average molecular weight is 330 g/mol. The molecule has 1 aromatic heterocycles. The molecule has 0 radical (unpaired) electrons. The fourth-order valence-electron chi connectivity index (χ4n) is 2.86. The van der Waals surface area contributed by atoms with Gasteiger partial charge >= 0.3 is 6.18 Å². The summed E-state index contributed by atoms with van der Waals surface area (Å²) in [7, 11) is 0. The van der Waals surface area contributed by atoms with Crippen molar-refractivity contribution in [2.75, 3.05) is 18.0 Å². The quantitative estimate of drug-likeness (QED) is 0.852. The summed E-state index contributed by atoms with van der Waals surface area (Å²) >= 11 is 0. The zero-order valence-corrected chi connectivity index (χ0v) is 13.4. The van der Waals surface area contributed by atoms with Crippen molar-refractivity contribution in [2.45, 2.75) is 63.6 Å². The number of aromatic nitrogens is 2. The first-order chi connectivity index (χ1) is 11.0. The van der Waals surface area contributed by atoms with Gasteiger partial charge < -0.3 is 10.6 Å². The van der Waals surface area contributed by atoms with Crippen molar-refractivity contribution in [1.29, 1.82) is 0 Å². The van der Waals surface area contributed by atoms with E-state index in [0.29, 0.717) is 12.0 Å². The standard InChI is InChI=1S/C10H12F3N3.C6H13N/c11-10(12,13)8-6-14-9(15-7-8)16-4-2-1-3-5-16;7-6-4-2-1-3-5-6/h6-7H,1-5H2;6H,1-5,7H2. The molecular formula is C16H25F3N4. The minimum Gasteiger partial charge on any atom is -0.341 e. The molecule has 0 bridgehead atoms. The molecule has 4 nitrogen and oxygen atoms in total. The van der Waals surface area contributed by atoms with E-state index in [9.17, 15) is 13.2 Å².